The van der Waals surface area contributed by atoms with E-state index in [0.717, 1.165) is 5.52 Å². The van der Waals surface area contributed by atoms with Crippen LogP contribution in [0.5, 0.6) is 0 Å². The lowest BCUT2D eigenvalue weighted by molar-refractivity contribution is 0.0828. The zero-order valence-corrected chi connectivity index (χ0v) is 11.3. The summed E-state index contributed by atoms with van der Waals surface area (Å²) in [6, 6.07) is 12.5. The van der Waals surface area contributed by atoms with Gasteiger partial charge in [-0.3, -0.25) is 9.59 Å². The average Bonchev–Trinajstić information content (AvgIpc) is 2.46. The summed E-state index contributed by atoms with van der Waals surface area (Å²) in [6.07, 6.45) is 0. The van der Waals surface area contributed by atoms with Crippen molar-refractivity contribution >= 4 is 27.7 Å². The number of hydrogen-bond donors (Lipinski definition) is 1. The molecule has 20 heavy (non-hydrogen) atoms. The summed E-state index contributed by atoms with van der Waals surface area (Å²) in [7, 11) is 3.41. The first kappa shape index (κ1) is 12.4. The minimum atomic E-state index is -0.0825. The first-order valence-electron chi connectivity index (χ1n) is 6.34. The first-order valence-corrected chi connectivity index (χ1v) is 6.34. The van der Waals surface area contributed by atoms with Gasteiger partial charge in [0, 0.05) is 35.9 Å². The van der Waals surface area contributed by atoms with Crippen molar-refractivity contribution < 1.29 is 4.79 Å². The van der Waals surface area contributed by atoms with Crippen LogP contribution in [0.3, 0.4) is 0 Å². The van der Waals surface area contributed by atoms with Crippen LogP contribution in [0.1, 0.15) is 10.4 Å². The number of para-hydroxylation sites is 1. The maximum atomic E-state index is 12.4. The van der Waals surface area contributed by atoms with Gasteiger partial charge < -0.3 is 9.88 Å². The lowest BCUT2D eigenvalue weighted by atomic mass is 10.1. The van der Waals surface area contributed by atoms with Crippen LogP contribution >= 0.6 is 0 Å². The molecule has 4 nitrogen and oxygen atoms in total. The van der Waals surface area contributed by atoms with E-state index < -0.39 is 0 Å². The van der Waals surface area contributed by atoms with E-state index in [2.05, 4.69) is 4.98 Å². The number of nitrogens with zero attached hydrogens (tertiary/aromatic N) is 1. The number of aromatic nitrogens is 1. The molecule has 0 fully saturated rings. The third-order valence-corrected chi connectivity index (χ3v) is 3.36. The minimum absolute atomic E-state index is 0.0156. The van der Waals surface area contributed by atoms with Gasteiger partial charge in [0.15, 0.2) is 5.43 Å². The number of aromatic amines is 1. The fourth-order valence-electron chi connectivity index (χ4n) is 2.32. The van der Waals surface area contributed by atoms with Gasteiger partial charge in [0.05, 0.1) is 5.52 Å². The molecule has 0 radical (unpaired) electrons. The molecular weight excluding hydrogens is 252 g/mol. The van der Waals surface area contributed by atoms with Crippen molar-refractivity contribution in [2.24, 2.45) is 0 Å². The van der Waals surface area contributed by atoms with Gasteiger partial charge >= 0.3 is 0 Å². The molecule has 0 spiro atoms. The number of nitrogens with one attached hydrogen (secondary N) is 1. The van der Waals surface area contributed by atoms with Gasteiger partial charge in [-0.2, -0.15) is 0 Å². The van der Waals surface area contributed by atoms with E-state index >= 15 is 0 Å². The Morgan fingerprint density at radius 2 is 1.70 bits per heavy atom. The molecule has 0 saturated carbocycles. The van der Waals surface area contributed by atoms with Crippen molar-refractivity contribution in [1.29, 1.82) is 0 Å². The first-order chi connectivity index (χ1) is 9.58. The molecule has 1 amide bonds. The summed E-state index contributed by atoms with van der Waals surface area (Å²) in [5.41, 5.74) is 2.01. The number of amides is 1. The van der Waals surface area contributed by atoms with Crippen LogP contribution in [0.15, 0.2) is 47.3 Å². The van der Waals surface area contributed by atoms with Crippen LogP contribution in [0.25, 0.3) is 21.8 Å². The number of benzene rings is 2. The van der Waals surface area contributed by atoms with E-state index in [1.165, 1.54) is 4.90 Å². The quantitative estimate of drug-likeness (QED) is 0.687. The van der Waals surface area contributed by atoms with E-state index in [1.807, 2.05) is 18.2 Å². The predicted octanol–water partition coefficient (Wildman–Crippen LogP) is 2.38. The summed E-state index contributed by atoms with van der Waals surface area (Å²) in [4.78, 5) is 29.1. The zero-order valence-electron chi connectivity index (χ0n) is 11.3. The average molecular weight is 266 g/mol. The molecule has 0 unspecified atom stereocenters. The smallest absolute Gasteiger partial charge is 0.253 e. The van der Waals surface area contributed by atoms with Crippen molar-refractivity contribution in [3.05, 3.63) is 58.3 Å². The lowest BCUT2D eigenvalue weighted by Gasteiger charge is -2.11. The van der Waals surface area contributed by atoms with Gasteiger partial charge in [0.1, 0.15) is 0 Å². The molecule has 3 rings (SSSR count). The van der Waals surface area contributed by atoms with Crippen LogP contribution in [0.4, 0.5) is 0 Å². The molecule has 2 aromatic carbocycles. The Labute approximate surface area is 115 Å². The van der Waals surface area contributed by atoms with Crippen LogP contribution < -0.4 is 5.43 Å². The van der Waals surface area contributed by atoms with Gasteiger partial charge in [-0.1, -0.05) is 12.1 Å². The predicted molar refractivity (Wildman–Crippen MR) is 80.1 cm³/mol. The van der Waals surface area contributed by atoms with Gasteiger partial charge in [0.2, 0.25) is 0 Å². The second-order valence-electron chi connectivity index (χ2n) is 4.96. The largest absolute Gasteiger partial charge is 0.354 e. The molecule has 100 valence electrons. The Morgan fingerprint density at radius 1 is 1.00 bits per heavy atom. The number of rotatable bonds is 1. The van der Waals surface area contributed by atoms with Crippen molar-refractivity contribution in [2.45, 2.75) is 0 Å². The summed E-state index contributed by atoms with van der Waals surface area (Å²) in [6.45, 7) is 0. The molecule has 0 saturated heterocycles. The van der Waals surface area contributed by atoms with E-state index in [1.54, 1.807) is 38.4 Å². The summed E-state index contributed by atoms with van der Waals surface area (Å²) in [5, 5.41) is 1.26. The molecule has 3 aromatic rings. The number of hydrogen-bond acceptors (Lipinski definition) is 2. The van der Waals surface area contributed by atoms with Gasteiger partial charge in [-0.15, -0.1) is 0 Å². The van der Waals surface area contributed by atoms with E-state index in [-0.39, 0.29) is 11.3 Å². The highest BCUT2D eigenvalue weighted by Crippen LogP contribution is 2.16. The maximum Gasteiger partial charge on any atom is 0.253 e. The van der Waals surface area contributed by atoms with E-state index in [0.29, 0.717) is 21.9 Å². The topological polar surface area (TPSA) is 53.2 Å². The molecule has 0 aliphatic heterocycles. The summed E-state index contributed by atoms with van der Waals surface area (Å²) >= 11 is 0. The molecule has 0 aliphatic rings. The van der Waals surface area contributed by atoms with Crippen LogP contribution in [-0.4, -0.2) is 29.9 Å². The monoisotopic (exact) mass is 266 g/mol. The Kier molecular flexibility index (Phi) is 2.79. The standard InChI is InChI=1S/C16H14N2O2/c1-18(2)16(20)10-7-8-12-14(9-10)17-13-6-4-3-5-11(13)15(12)19/h3-9H,1-2H3,(H,17,19). The van der Waals surface area contributed by atoms with Crippen LogP contribution in [0, 0.1) is 0 Å². The second kappa shape index (κ2) is 4.49. The van der Waals surface area contributed by atoms with Crippen molar-refractivity contribution in [1.82, 2.24) is 9.88 Å². The van der Waals surface area contributed by atoms with Crippen LogP contribution in [0.2, 0.25) is 0 Å². The minimum Gasteiger partial charge on any atom is -0.354 e. The van der Waals surface area contributed by atoms with Gasteiger partial charge in [0.25, 0.3) is 5.91 Å². The molecule has 4 heteroatoms. The Balaban J connectivity index is 2.33. The SMILES string of the molecule is CN(C)C(=O)c1ccc2c(=O)c3ccccc3[nH]c2c1. The van der Waals surface area contributed by atoms with Crippen molar-refractivity contribution in [3.63, 3.8) is 0 Å². The normalized spacial score (nSPS) is 10.9. The third kappa shape index (κ3) is 1.86. The summed E-state index contributed by atoms with van der Waals surface area (Å²) < 4.78 is 0. The molecular formula is C16H14N2O2. The highest BCUT2D eigenvalue weighted by Gasteiger charge is 2.11. The second-order valence-corrected chi connectivity index (χ2v) is 4.96. The van der Waals surface area contributed by atoms with Gasteiger partial charge in [-0.25, -0.2) is 0 Å². The van der Waals surface area contributed by atoms with E-state index in [9.17, 15) is 9.59 Å². The molecule has 1 aromatic heterocycles. The maximum absolute atomic E-state index is 12.4. The zero-order chi connectivity index (χ0) is 14.3. The number of carbonyl (C=O) groups is 1. The highest BCUT2D eigenvalue weighted by atomic mass is 16.2. The fraction of sp³-hybridized carbons (Fsp3) is 0.125. The fourth-order valence-corrected chi connectivity index (χ4v) is 2.32. The third-order valence-electron chi connectivity index (χ3n) is 3.36. The Hall–Kier alpha value is -2.62. The summed E-state index contributed by atoms with van der Waals surface area (Å²) in [5.74, 6) is -0.0825. The number of fused-ring (bicyclic) bond motifs is 2. The molecule has 1 heterocycles. The highest BCUT2D eigenvalue weighted by molar-refractivity contribution is 5.99. The molecule has 1 N–H and O–H groups in total. The van der Waals surface area contributed by atoms with Crippen molar-refractivity contribution in [3.8, 4) is 0 Å². The van der Waals surface area contributed by atoms with Gasteiger partial charge in [-0.05, 0) is 30.3 Å². The number of H-pyrrole nitrogens is 1. The molecule has 0 aliphatic carbocycles. The number of carbonyl (C=O) groups excluding carboxylic acids is 1. The molecule has 0 atom stereocenters. The number of pyridine rings is 1. The van der Waals surface area contributed by atoms with Crippen LogP contribution in [-0.2, 0) is 0 Å². The lowest BCUT2D eigenvalue weighted by Crippen LogP contribution is -2.21. The Bertz CT molecular complexity index is 878. The Morgan fingerprint density at radius 3 is 2.45 bits per heavy atom. The molecule has 0 bridgehead atoms. The van der Waals surface area contributed by atoms with Crippen molar-refractivity contribution in [2.75, 3.05) is 14.1 Å². The van der Waals surface area contributed by atoms with E-state index in [4.69, 9.17) is 0 Å².